The van der Waals surface area contributed by atoms with Gasteiger partial charge in [-0.05, 0) is 38.3 Å². The van der Waals surface area contributed by atoms with Gasteiger partial charge in [0, 0.05) is 29.8 Å². The van der Waals surface area contributed by atoms with Crippen molar-refractivity contribution in [3.63, 3.8) is 0 Å². The van der Waals surface area contributed by atoms with Crippen molar-refractivity contribution in [1.29, 1.82) is 0 Å². The van der Waals surface area contributed by atoms with Crippen molar-refractivity contribution in [2.24, 2.45) is 5.92 Å². The molecule has 3 atom stereocenters. The first-order valence-corrected chi connectivity index (χ1v) is 7.24. The predicted octanol–water partition coefficient (Wildman–Crippen LogP) is 4.21. The Balaban J connectivity index is 2.03. The zero-order chi connectivity index (χ0) is 14.0. The first kappa shape index (κ1) is 15.0. The summed E-state index contributed by atoms with van der Waals surface area (Å²) in [4.78, 5) is 0. The summed E-state index contributed by atoms with van der Waals surface area (Å²) in [6.07, 6.45) is 1.31. The molecule has 0 amide bonds. The minimum Gasteiger partial charge on any atom is -0.378 e. The van der Waals surface area contributed by atoms with Crippen LogP contribution >= 0.6 is 23.2 Å². The summed E-state index contributed by atoms with van der Waals surface area (Å²) in [5.74, 6) is 0.0424. The summed E-state index contributed by atoms with van der Waals surface area (Å²) < 4.78 is 19.0. The fourth-order valence-electron chi connectivity index (χ4n) is 2.41. The third-order valence-electron chi connectivity index (χ3n) is 3.73. The van der Waals surface area contributed by atoms with Crippen LogP contribution in [0.15, 0.2) is 12.1 Å². The average molecular weight is 306 g/mol. The Morgan fingerprint density at radius 1 is 1.47 bits per heavy atom. The van der Waals surface area contributed by atoms with Gasteiger partial charge in [-0.25, -0.2) is 4.39 Å². The van der Waals surface area contributed by atoms with E-state index in [0.717, 1.165) is 19.6 Å². The molecule has 1 saturated heterocycles. The van der Waals surface area contributed by atoms with Gasteiger partial charge in [0.15, 0.2) is 0 Å². The molecule has 1 N–H and O–H groups in total. The molecule has 0 spiro atoms. The minimum absolute atomic E-state index is 0.0940. The Labute approximate surface area is 123 Å². The van der Waals surface area contributed by atoms with Crippen LogP contribution in [0.2, 0.25) is 10.0 Å². The predicted molar refractivity (Wildman–Crippen MR) is 76.4 cm³/mol. The monoisotopic (exact) mass is 305 g/mol. The fraction of sp³-hybridized carbons (Fsp3) is 0.571. The maximum atomic E-state index is 13.5. The van der Waals surface area contributed by atoms with Gasteiger partial charge in [0.1, 0.15) is 5.82 Å². The Morgan fingerprint density at radius 3 is 2.84 bits per heavy atom. The number of hydrogen-bond donors (Lipinski definition) is 1. The van der Waals surface area contributed by atoms with Crippen LogP contribution in [0.25, 0.3) is 0 Å². The quantitative estimate of drug-likeness (QED) is 0.841. The van der Waals surface area contributed by atoms with E-state index in [4.69, 9.17) is 27.9 Å². The molecule has 1 heterocycles. The standard InChI is InChI=1S/C14H18Cl2FNO/c1-8(18-7-10-5-6-19-9(10)2)13-11(15)3-4-12(17)14(13)16/h3-4,8-10,18H,5-7H2,1-2H3. The third kappa shape index (κ3) is 3.40. The van der Waals surface area contributed by atoms with Crippen LogP contribution < -0.4 is 5.32 Å². The van der Waals surface area contributed by atoms with E-state index in [1.165, 1.54) is 12.1 Å². The first-order chi connectivity index (χ1) is 9.00. The lowest BCUT2D eigenvalue weighted by molar-refractivity contribution is 0.105. The molecule has 5 heteroatoms. The molecule has 19 heavy (non-hydrogen) atoms. The number of ether oxygens (including phenoxy) is 1. The maximum absolute atomic E-state index is 13.5. The highest BCUT2D eigenvalue weighted by molar-refractivity contribution is 6.36. The second-order valence-electron chi connectivity index (χ2n) is 5.01. The molecule has 1 aromatic rings. The van der Waals surface area contributed by atoms with Gasteiger partial charge in [0.05, 0.1) is 11.1 Å². The summed E-state index contributed by atoms with van der Waals surface area (Å²) in [6.45, 7) is 5.63. The molecular weight excluding hydrogens is 288 g/mol. The highest BCUT2D eigenvalue weighted by Gasteiger charge is 2.25. The number of rotatable bonds is 4. The van der Waals surface area contributed by atoms with Crippen LogP contribution in [0.5, 0.6) is 0 Å². The van der Waals surface area contributed by atoms with Crippen molar-refractivity contribution < 1.29 is 9.13 Å². The van der Waals surface area contributed by atoms with E-state index in [1.54, 1.807) is 0 Å². The molecule has 0 aliphatic carbocycles. The van der Waals surface area contributed by atoms with E-state index in [9.17, 15) is 4.39 Å². The largest absolute Gasteiger partial charge is 0.378 e. The second-order valence-corrected chi connectivity index (χ2v) is 5.80. The van der Waals surface area contributed by atoms with Crippen LogP contribution in [0.1, 0.15) is 31.9 Å². The number of halogens is 3. The van der Waals surface area contributed by atoms with Crippen molar-refractivity contribution >= 4 is 23.2 Å². The van der Waals surface area contributed by atoms with Crippen molar-refractivity contribution in [3.8, 4) is 0 Å². The summed E-state index contributed by atoms with van der Waals surface area (Å²) >= 11 is 12.1. The third-order valence-corrected chi connectivity index (χ3v) is 4.45. The van der Waals surface area contributed by atoms with Gasteiger partial charge in [-0.2, -0.15) is 0 Å². The Morgan fingerprint density at radius 2 is 2.21 bits per heavy atom. The van der Waals surface area contributed by atoms with Crippen LogP contribution in [-0.4, -0.2) is 19.3 Å². The minimum atomic E-state index is -0.438. The second kappa shape index (κ2) is 6.40. The normalized spacial score (nSPS) is 24.7. The molecule has 1 fully saturated rings. The lowest BCUT2D eigenvalue weighted by atomic mass is 10.0. The molecule has 0 aromatic heterocycles. The summed E-state index contributed by atoms with van der Waals surface area (Å²) in [5, 5.41) is 3.95. The average Bonchev–Trinajstić information content (AvgIpc) is 2.77. The SMILES string of the molecule is CC(NCC1CCOC1C)c1c(Cl)ccc(F)c1Cl. The van der Waals surface area contributed by atoms with E-state index < -0.39 is 5.82 Å². The fourth-order valence-corrected chi connectivity index (χ4v) is 3.11. The van der Waals surface area contributed by atoms with Crippen LogP contribution in [0, 0.1) is 11.7 Å². The number of nitrogens with one attached hydrogen (secondary N) is 1. The summed E-state index contributed by atoms with van der Waals surface area (Å²) in [6, 6.07) is 2.73. The van der Waals surface area contributed by atoms with E-state index in [0.29, 0.717) is 16.5 Å². The van der Waals surface area contributed by atoms with Gasteiger partial charge in [0.25, 0.3) is 0 Å². The number of hydrogen-bond acceptors (Lipinski definition) is 2. The smallest absolute Gasteiger partial charge is 0.142 e. The highest BCUT2D eigenvalue weighted by Crippen LogP contribution is 2.32. The molecule has 3 unspecified atom stereocenters. The Bertz CT molecular complexity index is 455. The summed E-state index contributed by atoms with van der Waals surface area (Å²) in [7, 11) is 0. The van der Waals surface area contributed by atoms with Crippen LogP contribution in [0.4, 0.5) is 4.39 Å². The molecule has 0 bridgehead atoms. The van der Waals surface area contributed by atoms with Crippen LogP contribution in [-0.2, 0) is 4.74 Å². The summed E-state index contributed by atoms with van der Waals surface area (Å²) in [5.41, 5.74) is 0.620. The topological polar surface area (TPSA) is 21.3 Å². The van der Waals surface area contributed by atoms with E-state index in [1.807, 2.05) is 6.92 Å². The molecule has 2 nitrogen and oxygen atoms in total. The maximum Gasteiger partial charge on any atom is 0.142 e. The zero-order valence-corrected chi connectivity index (χ0v) is 12.6. The van der Waals surface area contributed by atoms with E-state index in [2.05, 4.69) is 12.2 Å². The van der Waals surface area contributed by atoms with E-state index >= 15 is 0 Å². The van der Waals surface area contributed by atoms with Gasteiger partial charge in [0.2, 0.25) is 0 Å². The molecule has 0 radical (unpaired) electrons. The van der Waals surface area contributed by atoms with Gasteiger partial charge < -0.3 is 10.1 Å². The van der Waals surface area contributed by atoms with E-state index in [-0.39, 0.29) is 17.2 Å². The molecule has 0 saturated carbocycles. The molecular formula is C14H18Cl2FNO. The lowest BCUT2D eigenvalue weighted by Gasteiger charge is -2.21. The molecule has 106 valence electrons. The van der Waals surface area contributed by atoms with Crippen molar-refractivity contribution in [1.82, 2.24) is 5.32 Å². The molecule has 1 aliphatic heterocycles. The lowest BCUT2D eigenvalue weighted by Crippen LogP contribution is -2.29. The highest BCUT2D eigenvalue weighted by atomic mass is 35.5. The van der Waals surface area contributed by atoms with Gasteiger partial charge in [-0.15, -0.1) is 0 Å². The molecule has 1 aromatic carbocycles. The first-order valence-electron chi connectivity index (χ1n) is 6.49. The van der Waals surface area contributed by atoms with Gasteiger partial charge >= 0.3 is 0 Å². The van der Waals surface area contributed by atoms with Crippen LogP contribution in [0.3, 0.4) is 0 Å². The Hall–Kier alpha value is -0.350. The zero-order valence-electron chi connectivity index (χ0n) is 11.1. The van der Waals surface area contributed by atoms with Crippen molar-refractivity contribution in [3.05, 3.63) is 33.6 Å². The van der Waals surface area contributed by atoms with Crippen molar-refractivity contribution in [2.45, 2.75) is 32.4 Å². The van der Waals surface area contributed by atoms with Crippen molar-refractivity contribution in [2.75, 3.05) is 13.2 Å². The van der Waals surface area contributed by atoms with Gasteiger partial charge in [-0.1, -0.05) is 23.2 Å². The Kier molecular flexibility index (Phi) is 5.07. The number of benzene rings is 1. The van der Waals surface area contributed by atoms with Gasteiger partial charge in [-0.3, -0.25) is 0 Å². The molecule has 1 aliphatic rings. The molecule has 2 rings (SSSR count).